The molecule has 0 aliphatic rings. The van der Waals surface area contributed by atoms with E-state index in [-0.39, 0.29) is 42.2 Å². The lowest BCUT2D eigenvalue weighted by atomic mass is 10.2. The third kappa shape index (κ3) is 6.21. The van der Waals surface area contributed by atoms with Crippen molar-refractivity contribution in [2.45, 2.75) is 40.2 Å². The van der Waals surface area contributed by atoms with Crippen LogP contribution in [0.15, 0.2) is 9.59 Å². The van der Waals surface area contributed by atoms with E-state index in [0.717, 1.165) is 18.6 Å². The Balaban J connectivity index is 3.22. The van der Waals surface area contributed by atoms with Crippen molar-refractivity contribution < 1.29 is 9.53 Å². The topological polar surface area (TPSA) is 110 Å². The molecule has 1 aromatic rings. The van der Waals surface area contributed by atoms with Crippen LogP contribution in [0, 0.1) is 5.92 Å². The van der Waals surface area contributed by atoms with E-state index in [2.05, 4.69) is 11.9 Å². The van der Waals surface area contributed by atoms with E-state index in [0.29, 0.717) is 6.54 Å². The molecule has 148 valence electrons. The Morgan fingerprint density at radius 1 is 1.38 bits per heavy atom. The minimum atomic E-state index is -0.657. The molecule has 0 radical (unpaired) electrons. The fraction of sp³-hybridized carbons (Fsp3) is 0.706. The van der Waals surface area contributed by atoms with Crippen LogP contribution in [0.5, 0.6) is 0 Å². The largest absolute Gasteiger partial charge is 0.383 e. The maximum atomic E-state index is 12.7. The number of nitrogen functional groups attached to an aromatic ring is 1. The average Bonchev–Trinajstić information content (AvgIpc) is 2.57. The first-order valence-corrected chi connectivity index (χ1v) is 9.98. The molecular formula is C17H30N4O4S. The van der Waals surface area contributed by atoms with Crippen molar-refractivity contribution in [2.24, 2.45) is 5.92 Å². The van der Waals surface area contributed by atoms with Gasteiger partial charge >= 0.3 is 5.69 Å². The Labute approximate surface area is 158 Å². The number of thioether (sulfide) groups is 1. The highest BCUT2D eigenvalue weighted by Crippen LogP contribution is 2.19. The van der Waals surface area contributed by atoms with Crippen LogP contribution < -0.4 is 21.9 Å². The highest BCUT2D eigenvalue weighted by atomic mass is 32.2. The second-order valence-corrected chi connectivity index (χ2v) is 7.55. The number of carbonyl (C=O) groups is 1. The zero-order chi connectivity index (χ0) is 19.7. The minimum absolute atomic E-state index is 0.00969. The van der Waals surface area contributed by atoms with Crippen LogP contribution in [0.1, 0.15) is 33.6 Å². The molecule has 0 fully saturated rings. The van der Waals surface area contributed by atoms with Crippen molar-refractivity contribution in [3.05, 3.63) is 20.8 Å². The molecule has 0 unspecified atom stereocenters. The molecule has 0 aromatic carbocycles. The molecule has 9 heteroatoms. The fourth-order valence-electron chi connectivity index (χ4n) is 2.41. The quantitative estimate of drug-likeness (QED) is 0.555. The van der Waals surface area contributed by atoms with Gasteiger partial charge in [-0.2, -0.15) is 11.8 Å². The SMILES string of the molecule is CCCCSCC(=O)N(CCOC)c1c(N)n(CC(C)C)c(=O)[nH]c1=O. The van der Waals surface area contributed by atoms with Crippen molar-refractivity contribution in [1.29, 1.82) is 0 Å². The predicted molar refractivity (Wildman–Crippen MR) is 107 cm³/mol. The summed E-state index contributed by atoms with van der Waals surface area (Å²) < 4.78 is 6.37. The second kappa shape index (κ2) is 11.1. The summed E-state index contributed by atoms with van der Waals surface area (Å²) in [6.07, 6.45) is 2.08. The van der Waals surface area contributed by atoms with Gasteiger partial charge in [-0.25, -0.2) is 4.79 Å². The summed E-state index contributed by atoms with van der Waals surface area (Å²) in [5, 5.41) is 0. The lowest BCUT2D eigenvalue weighted by Crippen LogP contribution is -2.43. The monoisotopic (exact) mass is 386 g/mol. The number of H-pyrrole nitrogens is 1. The van der Waals surface area contributed by atoms with Crippen LogP contribution in [0.3, 0.4) is 0 Å². The van der Waals surface area contributed by atoms with Gasteiger partial charge in [0.05, 0.1) is 12.4 Å². The van der Waals surface area contributed by atoms with Gasteiger partial charge < -0.3 is 15.4 Å². The lowest BCUT2D eigenvalue weighted by Gasteiger charge is -2.24. The molecular weight excluding hydrogens is 356 g/mol. The first kappa shape index (κ1) is 22.3. The van der Waals surface area contributed by atoms with Gasteiger partial charge in [0.15, 0.2) is 5.69 Å². The van der Waals surface area contributed by atoms with Crippen LogP contribution in [0.4, 0.5) is 11.5 Å². The number of methoxy groups -OCH3 is 1. The van der Waals surface area contributed by atoms with Crippen LogP contribution in [0.25, 0.3) is 0 Å². The molecule has 0 atom stereocenters. The van der Waals surface area contributed by atoms with Gasteiger partial charge in [-0.15, -0.1) is 0 Å². The fourth-order valence-corrected chi connectivity index (χ4v) is 3.38. The zero-order valence-corrected chi connectivity index (χ0v) is 16.9. The number of aromatic nitrogens is 2. The van der Waals surface area contributed by atoms with E-state index < -0.39 is 11.2 Å². The van der Waals surface area contributed by atoms with Crippen molar-refractivity contribution >= 4 is 29.2 Å². The molecule has 1 amide bonds. The van der Waals surface area contributed by atoms with Crippen molar-refractivity contribution in [3.63, 3.8) is 0 Å². The van der Waals surface area contributed by atoms with Gasteiger partial charge in [0, 0.05) is 20.2 Å². The number of carbonyl (C=O) groups excluding carboxylic acids is 1. The molecule has 3 N–H and O–H groups in total. The van der Waals surface area contributed by atoms with Gasteiger partial charge in [0.25, 0.3) is 5.56 Å². The number of rotatable bonds is 11. The second-order valence-electron chi connectivity index (χ2n) is 6.44. The first-order valence-electron chi connectivity index (χ1n) is 8.83. The maximum absolute atomic E-state index is 12.7. The Morgan fingerprint density at radius 3 is 2.65 bits per heavy atom. The Bertz CT molecular complexity index is 699. The summed E-state index contributed by atoms with van der Waals surface area (Å²) in [5.41, 5.74) is 4.91. The lowest BCUT2D eigenvalue weighted by molar-refractivity contribution is -0.116. The van der Waals surface area contributed by atoms with Crippen LogP contribution in [-0.4, -0.2) is 47.2 Å². The Hall–Kier alpha value is -1.74. The highest BCUT2D eigenvalue weighted by Gasteiger charge is 2.24. The number of nitrogens with one attached hydrogen (secondary N) is 1. The van der Waals surface area contributed by atoms with E-state index in [1.54, 1.807) is 0 Å². The molecule has 0 bridgehead atoms. The minimum Gasteiger partial charge on any atom is -0.383 e. The third-order valence-corrected chi connectivity index (χ3v) is 4.75. The molecule has 8 nitrogen and oxygen atoms in total. The summed E-state index contributed by atoms with van der Waals surface area (Å²) in [6.45, 7) is 6.77. The van der Waals surface area contributed by atoms with Crippen LogP contribution in [-0.2, 0) is 16.1 Å². The van der Waals surface area contributed by atoms with E-state index in [4.69, 9.17) is 10.5 Å². The number of hydrogen-bond acceptors (Lipinski definition) is 6. The smallest absolute Gasteiger partial charge is 0.330 e. The molecule has 0 saturated carbocycles. The maximum Gasteiger partial charge on any atom is 0.330 e. The molecule has 0 aliphatic carbocycles. The van der Waals surface area contributed by atoms with E-state index in [9.17, 15) is 14.4 Å². The molecule has 26 heavy (non-hydrogen) atoms. The average molecular weight is 387 g/mol. The number of nitrogens with zero attached hydrogens (tertiary/aromatic N) is 2. The third-order valence-electron chi connectivity index (χ3n) is 3.72. The Morgan fingerprint density at radius 2 is 2.08 bits per heavy atom. The van der Waals surface area contributed by atoms with E-state index in [1.165, 1.54) is 28.3 Å². The molecule has 0 aliphatic heterocycles. The summed E-state index contributed by atoms with van der Waals surface area (Å²) >= 11 is 1.52. The van der Waals surface area contributed by atoms with Gasteiger partial charge in [-0.05, 0) is 18.1 Å². The molecule has 1 heterocycles. The van der Waals surface area contributed by atoms with Crippen LogP contribution in [0.2, 0.25) is 0 Å². The predicted octanol–water partition coefficient (Wildman–Crippen LogP) is 1.29. The summed E-state index contributed by atoms with van der Waals surface area (Å²) in [4.78, 5) is 40.8. The number of hydrogen-bond donors (Lipinski definition) is 2. The summed E-state index contributed by atoms with van der Waals surface area (Å²) in [6, 6.07) is 0. The first-order chi connectivity index (χ1) is 12.3. The number of nitrogens with two attached hydrogens (primary N) is 1. The number of ether oxygens (including phenoxy) is 1. The number of aromatic amines is 1. The molecule has 0 spiro atoms. The zero-order valence-electron chi connectivity index (χ0n) is 16.0. The van der Waals surface area contributed by atoms with E-state index in [1.807, 2.05) is 13.8 Å². The van der Waals surface area contributed by atoms with Gasteiger partial charge in [0.2, 0.25) is 5.91 Å². The molecule has 0 saturated heterocycles. The number of unbranched alkanes of at least 4 members (excludes halogenated alkanes) is 1. The van der Waals surface area contributed by atoms with E-state index >= 15 is 0 Å². The standard InChI is InChI=1S/C17H30N4O4S/c1-5-6-9-26-11-13(22)20(7-8-25-4)14-15(18)21(10-12(2)3)17(24)19-16(14)23/h12H,5-11,18H2,1-4H3,(H,19,23,24). The van der Waals surface area contributed by atoms with Crippen molar-refractivity contribution in [1.82, 2.24) is 9.55 Å². The van der Waals surface area contributed by atoms with Crippen molar-refractivity contribution in [2.75, 3.05) is 42.4 Å². The summed E-state index contributed by atoms with van der Waals surface area (Å²) in [5.74, 6) is 1.05. The van der Waals surface area contributed by atoms with Gasteiger partial charge in [0.1, 0.15) is 5.82 Å². The van der Waals surface area contributed by atoms with Crippen LogP contribution >= 0.6 is 11.8 Å². The normalized spacial score (nSPS) is 11.1. The van der Waals surface area contributed by atoms with Crippen molar-refractivity contribution in [3.8, 4) is 0 Å². The highest BCUT2D eigenvalue weighted by molar-refractivity contribution is 7.99. The van der Waals surface area contributed by atoms with Gasteiger partial charge in [-0.1, -0.05) is 27.2 Å². The number of amides is 1. The molecule has 1 rings (SSSR count). The number of anilines is 2. The van der Waals surface area contributed by atoms with Gasteiger partial charge in [-0.3, -0.25) is 19.1 Å². The molecule has 1 aromatic heterocycles. The summed E-state index contributed by atoms with van der Waals surface area (Å²) in [7, 11) is 1.52. The Kier molecular flexibility index (Phi) is 9.50.